The predicted octanol–water partition coefficient (Wildman–Crippen LogP) is 2.03. The summed E-state index contributed by atoms with van der Waals surface area (Å²) in [6.45, 7) is 2.30. The van der Waals surface area contributed by atoms with Crippen molar-refractivity contribution in [2.24, 2.45) is 0 Å². The van der Waals surface area contributed by atoms with Crippen LogP contribution in [0.4, 0.5) is 0 Å². The van der Waals surface area contributed by atoms with Crippen molar-refractivity contribution in [3.05, 3.63) is 35.9 Å². The van der Waals surface area contributed by atoms with Crippen LogP contribution in [0.3, 0.4) is 0 Å². The lowest BCUT2D eigenvalue weighted by Gasteiger charge is -2.11. The third kappa shape index (κ3) is 5.14. The van der Waals surface area contributed by atoms with Gasteiger partial charge in [-0.2, -0.15) is 0 Å². The molecule has 0 radical (unpaired) electrons. The number of benzene rings is 1. The SMILES string of the molecule is CCCOc1ccccc1/C=C/C(=O)N(C)CC(=O)O. The number of hydrogen-bond donors (Lipinski definition) is 1. The molecular weight excluding hydrogens is 258 g/mol. The fourth-order valence-electron chi connectivity index (χ4n) is 1.53. The van der Waals surface area contributed by atoms with E-state index in [-0.39, 0.29) is 12.5 Å². The molecule has 0 unspecified atom stereocenters. The fourth-order valence-corrected chi connectivity index (χ4v) is 1.53. The van der Waals surface area contributed by atoms with Gasteiger partial charge in [0.2, 0.25) is 5.91 Å². The molecule has 0 aliphatic heterocycles. The Morgan fingerprint density at radius 1 is 1.35 bits per heavy atom. The molecule has 1 aromatic carbocycles. The fraction of sp³-hybridized carbons (Fsp3) is 0.333. The summed E-state index contributed by atoms with van der Waals surface area (Å²) in [4.78, 5) is 23.4. The summed E-state index contributed by atoms with van der Waals surface area (Å²) in [5.41, 5.74) is 0.790. The van der Waals surface area contributed by atoms with Gasteiger partial charge >= 0.3 is 5.97 Å². The van der Waals surface area contributed by atoms with Gasteiger partial charge in [0, 0.05) is 18.7 Å². The summed E-state index contributed by atoms with van der Waals surface area (Å²) in [6.07, 6.45) is 3.88. The van der Waals surface area contributed by atoms with Crippen LogP contribution >= 0.6 is 0 Å². The van der Waals surface area contributed by atoms with E-state index in [0.29, 0.717) is 12.4 Å². The number of hydrogen-bond acceptors (Lipinski definition) is 3. The van der Waals surface area contributed by atoms with Gasteiger partial charge in [0.15, 0.2) is 0 Å². The van der Waals surface area contributed by atoms with Crippen molar-refractivity contribution in [2.75, 3.05) is 20.2 Å². The summed E-state index contributed by atoms with van der Waals surface area (Å²) in [5, 5.41) is 8.62. The number of likely N-dealkylation sites (N-methyl/N-ethyl adjacent to an activating group) is 1. The van der Waals surface area contributed by atoms with E-state index in [2.05, 4.69) is 0 Å². The second kappa shape index (κ2) is 7.99. The number of carboxylic acids is 1. The highest BCUT2D eigenvalue weighted by molar-refractivity contribution is 5.93. The molecular formula is C15H19NO4. The largest absolute Gasteiger partial charge is 0.493 e. The lowest BCUT2D eigenvalue weighted by atomic mass is 10.2. The van der Waals surface area contributed by atoms with Crippen LogP contribution in [0.2, 0.25) is 0 Å². The van der Waals surface area contributed by atoms with Gasteiger partial charge in [-0.05, 0) is 18.6 Å². The molecule has 1 amide bonds. The maximum Gasteiger partial charge on any atom is 0.323 e. The molecule has 1 rings (SSSR count). The molecule has 0 saturated carbocycles. The van der Waals surface area contributed by atoms with E-state index in [0.717, 1.165) is 16.9 Å². The Hall–Kier alpha value is -2.30. The third-order valence-corrected chi connectivity index (χ3v) is 2.53. The molecule has 5 nitrogen and oxygen atoms in total. The van der Waals surface area contributed by atoms with Crippen LogP contribution in [0.25, 0.3) is 6.08 Å². The third-order valence-electron chi connectivity index (χ3n) is 2.53. The van der Waals surface area contributed by atoms with Crippen molar-refractivity contribution >= 4 is 18.0 Å². The summed E-state index contributed by atoms with van der Waals surface area (Å²) in [7, 11) is 1.44. The molecule has 0 aliphatic rings. The Morgan fingerprint density at radius 3 is 2.70 bits per heavy atom. The lowest BCUT2D eigenvalue weighted by molar-refractivity contribution is -0.141. The van der Waals surface area contributed by atoms with Crippen molar-refractivity contribution < 1.29 is 19.4 Å². The van der Waals surface area contributed by atoms with E-state index in [9.17, 15) is 9.59 Å². The number of rotatable bonds is 7. The monoisotopic (exact) mass is 277 g/mol. The van der Waals surface area contributed by atoms with E-state index in [1.54, 1.807) is 6.08 Å². The summed E-state index contributed by atoms with van der Waals surface area (Å²) in [5.74, 6) is -0.696. The Balaban J connectivity index is 2.74. The minimum absolute atomic E-state index is 0.322. The van der Waals surface area contributed by atoms with Crippen LogP contribution in [-0.2, 0) is 9.59 Å². The molecule has 0 aromatic heterocycles. The van der Waals surface area contributed by atoms with Crippen LogP contribution < -0.4 is 4.74 Å². The van der Waals surface area contributed by atoms with E-state index >= 15 is 0 Å². The van der Waals surface area contributed by atoms with Gasteiger partial charge in [0.1, 0.15) is 12.3 Å². The van der Waals surface area contributed by atoms with Crippen molar-refractivity contribution in [1.82, 2.24) is 4.90 Å². The van der Waals surface area contributed by atoms with E-state index < -0.39 is 5.97 Å². The van der Waals surface area contributed by atoms with Gasteiger partial charge < -0.3 is 14.7 Å². The highest BCUT2D eigenvalue weighted by atomic mass is 16.5. The predicted molar refractivity (Wildman–Crippen MR) is 76.5 cm³/mol. The molecule has 1 N–H and O–H groups in total. The normalized spacial score (nSPS) is 10.5. The highest BCUT2D eigenvalue weighted by Gasteiger charge is 2.09. The van der Waals surface area contributed by atoms with Crippen LogP contribution in [0.15, 0.2) is 30.3 Å². The smallest absolute Gasteiger partial charge is 0.323 e. The molecule has 0 saturated heterocycles. The van der Waals surface area contributed by atoms with E-state index in [1.165, 1.54) is 13.1 Å². The number of amides is 1. The quantitative estimate of drug-likeness (QED) is 0.774. The number of carbonyl (C=O) groups excluding carboxylic acids is 1. The number of ether oxygens (including phenoxy) is 1. The maximum absolute atomic E-state index is 11.7. The second-order valence-corrected chi connectivity index (χ2v) is 4.31. The minimum Gasteiger partial charge on any atom is -0.493 e. The summed E-state index contributed by atoms with van der Waals surface area (Å²) >= 11 is 0. The van der Waals surface area contributed by atoms with Gasteiger partial charge in [-0.25, -0.2) is 0 Å². The number of para-hydroxylation sites is 1. The topological polar surface area (TPSA) is 66.8 Å². The van der Waals surface area contributed by atoms with Crippen molar-refractivity contribution in [2.45, 2.75) is 13.3 Å². The van der Waals surface area contributed by atoms with Crippen LogP contribution in [0.1, 0.15) is 18.9 Å². The average molecular weight is 277 g/mol. The Labute approximate surface area is 118 Å². The molecule has 108 valence electrons. The van der Waals surface area contributed by atoms with Gasteiger partial charge in [-0.1, -0.05) is 25.1 Å². The molecule has 0 heterocycles. The standard InChI is InChI=1S/C15H19NO4/c1-3-10-20-13-7-5-4-6-12(13)8-9-14(17)16(2)11-15(18)19/h4-9H,3,10-11H2,1-2H3,(H,18,19)/b9-8+. The molecule has 20 heavy (non-hydrogen) atoms. The summed E-state index contributed by atoms with van der Waals surface area (Å²) in [6, 6.07) is 7.39. The van der Waals surface area contributed by atoms with Crippen molar-refractivity contribution in [1.29, 1.82) is 0 Å². The van der Waals surface area contributed by atoms with Gasteiger partial charge in [0.05, 0.1) is 6.61 Å². The zero-order valence-corrected chi connectivity index (χ0v) is 11.7. The van der Waals surface area contributed by atoms with Crippen molar-refractivity contribution in [3.63, 3.8) is 0 Å². The number of carbonyl (C=O) groups is 2. The first-order valence-corrected chi connectivity index (χ1v) is 6.41. The first-order valence-electron chi connectivity index (χ1n) is 6.41. The molecule has 0 aliphatic carbocycles. The minimum atomic E-state index is -1.04. The average Bonchev–Trinajstić information content (AvgIpc) is 2.42. The first-order chi connectivity index (χ1) is 9.54. The molecule has 0 spiro atoms. The van der Waals surface area contributed by atoms with Crippen LogP contribution in [-0.4, -0.2) is 42.1 Å². The van der Waals surface area contributed by atoms with Crippen molar-refractivity contribution in [3.8, 4) is 5.75 Å². The van der Waals surface area contributed by atoms with Gasteiger partial charge in [0.25, 0.3) is 0 Å². The number of carboxylic acid groups (broad SMARTS) is 1. The molecule has 0 atom stereocenters. The van der Waals surface area contributed by atoms with Crippen LogP contribution in [0.5, 0.6) is 5.75 Å². The molecule has 0 bridgehead atoms. The zero-order chi connectivity index (χ0) is 15.0. The molecule has 0 fully saturated rings. The number of aliphatic carboxylic acids is 1. The van der Waals surface area contributed by atoms with Gasteiger partial charge in [-0.3, -0.25) is 9.59 Å². The molecule has 5 heteroatoms. The van der Waals surface area contributed by atoms with Crippen LogP contribution in [0, 0.1) is 0 Å². The molecule has 1 aromatic rings. The zero-order valence-electron chi connectivity index (χ0n) is 11.7. The Morgan fingerprint density at radius 2 is 2.05 bits per heavy atom. The number of nitrogens with zero attached hydrogens (tertiary/aromatic N) is 1. The Bertz CT molecular complexity index is 496. The second-order valence-electron chi connectivity index (χ2n) is 4.31. The van der Waals surface area contributed by atoms with E-state index in [4.69, 9.17) is 9.84 Å². The van der Waals surface area contributed by atoms with E-state index in [1.807, 2.05) is 31.2 Å². The Kier molecular flexibility index (Phi) is 6.29. The highest BCUT2D eigenvalue weighted by Crippen LogP contribution is 2.19. The maximum atomic E-state index is 11.7. The summed E-state index contributed by atoms with van der Waals surface area (Å²) < 4.78 is 5.57. The van der Waals surface area contributed by atoms with Gasteiger partial charge in [-0.15, -0.1) is 0 Å². The first kappa shape index (κ1) is 15.8. The lowest BCUT2D eigenvalue weighted by Crippen LogP contribution is -2.30.